The molecule has 3 aromatic carbocycles. The fraction of sp³-hybridized carbons (Fsp3) is 0.0909. The van der Waals surface area contributed by atoms with E-state index in [4.69, 9.17) is 0 Å². The van der Waals surface area contributed by atoms with E-state index in [9.17, 15) is 70.3 Å². The van der Waals surface area contributed by atoms with E-state index in [0.29, 0.717) is 24.3 Å². The van der Waals surface area contributed by atoms with E-state index in [2.05, 4.69) is 21.3 Å². The Kier molecular flexibility index (Phi) is 9.25. The van der Waals surface area contributed by atoms with Gasteiger partial charge in [-0.1, -0.05) is 0 Å². The molecule has 0 aliphatic rings. The molecule has 4 N–H and O–H groups in total. The second-order valence-electron chi connectivity index (χ2n) is 8.82. The molecule has 24 nitrogen and oxygen atoms in total. The monoisotopic (exact) mass is 644 g/mol. The number of rotatable bonds is 12. The maximum Gasteiger partial charge on any atom is 0.306 e. The molecule has 2 amide bonds. The molecule has 0 atom stereocenters. The van der Waals surface area contributed by atoms with Gasteiger partial charge in [0.25, 0.3) is 11.4 Å². The molecule has 3 rings (SSSR count). The summed E-state index contributed by atoms with van der Waals surface area (Å²) in [6.07, 6.45) is 0. The largest absolute Gasteiger partial charge is 0.342 e. The molecular weight excluding hydrogens is 628 g/mol. The first-order chi connectivity index (χ1) is 21.4. The number of nitro benzene ring substituents is 6. The average molecular weight is 644 g/mol. The molecule has 0 aliphatic heterocycles. The van der Waals surface area contributed by atoms with Crippen LogP contribution in [0.4, 0.5) is 68.2 Å². The molecule has 0 heterocycles. The number of amides is 2. The van der Waals surface area contributed by atoms with Crippen molar-refractivity contribution >= 4 is 80.1 Å². The average Bonchev–Trinajstić information content (AvgIpc) is 2.93. The molecule has 3 aromatic rings. The topological polar surface area (TPSA) is 341 Å². The van der Waals surface area contributed by atoms with Crippen molar-refractivity contribution in [2.75, 3.05) is 21.3 Å². The first-order valence-electron chi connectivity index (χ1n) is 11.9. The zero-order valence-electron chi connectivity index (χ0n) is 22.9. The summed E-state index contributed by atoms with van der Waals surface area (Å²) >= 11 is 0. The Balaban J connectivity index is 2.41. The van der Waals surface area contributed by atoms with E-state index in [-0.39, 0.29) is 11.4 Å². The zero-order chi connectivity index (χ0) is 34.6. The minimum absolute atomic E-state index is 0.337. The van der Waals surface area contributed by atoms with Crippen LogP contribution in [-0.4, -0.2) is 41.4 Å². The van der Waals surface area contributed by atoms with Gasteiger partial charge in [-0.3, -0.25) is 70.3 Å². The summed E-state index contributed by atoms with van der Waals surface area (Å²) < 4.78 is 0. The van der Waals surface area contributed by atoms with Gasteiger partial charge in [-0.15, -0.1) is 0 Å². The number of benzene rings is 3. The van der Waals surface area contributed by atoms with Crippen molar-refractivity contribution in [2.24, 2.45) is 0 Å². The van der Waals surface area contributed by atoms with Crippen molar-refractivity contribution in [3.05, 3.63) is 97.1 Å². The normalized spacial score (nSPS) is 10.3. The van der Waals surface area contributed by atoms with Crippen LogP contribution in [0.25, 0.3) is 0 Å². The van der Waals surface area contributed by atoms with Crippen LogP contribution in [0.5, 0.6) is 0 Å². The molecule has 46 heavy (non-hydrogen) atoms. The molecular formula is C22H16N10O14. The molecule has 0 radical (unpaired) electrons. The highest BCUT2D eigenvalue weighted by molar-refractivity contribution is 6.02. The Morgan fingerprint density at radius 3 is 0.935 bits per heavy atom. The van der Waals surface area contributed by atoms with Crippen molar-refractivity contribution in [1.82, 2.24) is 0 Å². The summed E-state index contributed by atoms with van der Waals surface area (Å²) in [5.41, 5.74) is -10.2. The highest BCUT2D eigenvalue weighted by Gasteiger charge is 2.33. The standard InChI is InChI=1S/C22H16N10O14/c1-9(33)23-13-7-14(24-10(2)34)16(26-22-19(31(43)44)5-12(28(37)38)6-20(22)32(45)46)8-15(13)25-21-17(29(39)40)3-11(27(35)36)4-18(21)30(41)42/h3-8,25-26H,1-2H3,(H,23,33)(H,24,34). The van der Waals surface area contributed by atoms with Crippen LogP contribution in [0.2, 0.25) is 0 Å². The molecule has 0 fully saturated rings. The first-order valence-corrected chi connectivity index (χ1v) is 11.9. The molecule has 0 unspecified atom stereocenters. The van der Waals surface area contributed by atoms with Gasteiger partial charge in [0, 0.05) is 13.8 Å². The van der Waals surface area contributed by atoms with Gasteiger partial charge in [0.1, 0.15) is 0 Å². The van der Waals surface area contributed by atoms with E-state index >= 15 is 0 Å². The number of anilines is 6. The lowest BCUT2D eigenvalue weighted by Gasteiger charge is -2.19. The number of nitrogens with zero attached hydrogens (tertiary/aromatic N) is 6. The van der Waals surface area contributed by atoms with Gasteiger partial charge in [-0.2, -0.15) is 0 Å². The van der Waals surface area contributed by atoms with E-state index < -0.39 is 98.2 Å². The van der Waals surface area contributed by atoms with Gasteiger partial charge in [-0.05, 0) is 12.1 Å². The van der Waals surface area contributed by atoms with E-state index in [1.165, 1.54) is 0 Å². The predicted molar refractivity (Wildman–Crippen MR) is 154 cm³/mol. The minimum Gasteiger partial charge on any atom is -0.342 e. The number of hydrogen-bond acceptors (Lipinski definition) is 16. The zero-order valence-corrected chi connectivity index (χ0v) is 22.9. The Bertz CT molecular complexity index is 1690. The molecule has 0 spiro atoms. The number of nitrogens with one attached hydrogen (secondary N) is 4. The van der Waals surface area contributed by atoms with Crippen LogP contribution in [0, 0.1) is 60.7 Å². The molecule has 0 aliphatic carbocycles. The Labute approximate surface area is 251 Å². The number of hydrogen-bond donors (Lipinski definition) is 4. The summed E-state index contributed by atoms with van der Waals surface area (Å²) in [6, 6.07) is 3.44. The van der Waals surface area contributed by atoms with E-state index in [1.807, 2.05) is 0 Å². The Morgan fingerprint density at radius 2 is 0.717 bits per heavy atom. The third-order valence-corrected chi connectivity index (χ3v) is 5.67. The van der Waals surface area contributed by atoms with Crippen LogP contribution in [0.3, 0.4) is 0 Å². The molecule has 0 aromatic heterocycles. The second kappa shape index (κ2) is 12.9. The van der Waals surface area contributed by atoms with Gasteiger partial charge in [0.2, 0.25) is 11.8 Å². The third-order valence-electron chi connectivity index (χ3n) is 5.67. The summed E-state index contributed by atoms with van der Waals surface area (Å²) in [5, 5.41) is 78.9. The second-order valence-corrected chi connectivity index (χ2v) is 8.82. The fourth-order valence-corrected chi connectivity index (χ4v) is 3.90. The SMILES string of the molecule is CC(=O)Nc1cc(NC(C)=O)c(Nc2c([N+](=O)[O-])cc([N+](=O)[O-])cc2[N+](=O)[O-])cc1Nc1c([N+](=O)[O-])cc([N+](=O)[O-])cc1[N+](=O)[O-]. The van der Waals surface area contributed by atoms with Crippen LogP contribution < -0.4 is 21.3 Å². The fourth-order valence-electron chi connectivity index (χ4n) is 3.90. The highest BCUT2D eigenvalue weighted by Crippen LogP contribution is 2.46. The van der Waals surface area contributed by atoms with Crippen molar-refractivity contribution < 1.29 is 39.1 Å². The third kappa shape index (κ3) is 7.14. The van der Waals surface area contributed by atoms with Crippen molar-refractivity contribution in [3.63, 3.8) is 0 Å². The number of nitro groups is 6. The van der Waals surface area contributed by atoms with Crippen LogP contribution in [0.15, 0.2) is 36.4 Å². The maximum atomic E-state index is 12.0. The van der Waals surface area contributed by atoms with Crippen LogP contribution in [0.1, 0.15) is 13.8 Å². The smallest absolute Gasteiger partial charge is 0.306 e. The molecule has 0 saturated carbocycles. The summed E-state index contributed by atoms with van der Waals surface area (Å²) in [5.74, 6) is -1.57. The lowest BCUT2D eigenvalue weighted by atomic mass is 10.1. The van der Waals surface area contributed by atoms with E-state index in [1.54, 1.807) is 0 Å². The number of non-ortho nitro benzene ring substituents is 2. The van der Waals surface area contributed by atoms with E-state index in [0.717, 1.165) is 26.0 Å². The Morgan fingerprint density at radius 1 is 0.457 bits per heavy atom. The van der Waals surface area contributed by atoms with Crippen molar-refractivity contribution in [1.29, 1.82) is 0 Å². The number of carbonyl (C=O) groups is 2. The van der Waals surface area contributed by atoms with Crippen LogP contribution >= 0.6 is 0 Å². The van der Waals surface area contributed by atoms with Crippen molar-refractivity contribution in [2.45, 2.75) is 13.8 Å². The Hall–Kier alpha value is -7.40. The lowest BCUT2D eigenvalue weighted by molar-refractivity contribution is -0.402. The maximum absolute atomic E-state index is 12.0. The van der Waals surface area contributed by atoms with Gasteiger partial charge in [0.15, 0.2) is 11.4 Å². The summed E-state index contributed by atoms with van der Waals surface area (Å²) in [7, 11) is 0. The molecule has 238 valence electrons. The van der Waals surface area contributed by atoms with Crippen molar-refractivity contribution in [3.8, 4) is 0 Å². The van der Waals surface area contributed by atoms with Gasteiger partial charge in [-0.25, -0.2) is 0 Å². The van der Waals surface area contributed by atoms with Gasteiger partial charge < -0.3 is 21.3 Å². The van der Waals surface area contributed by atoms with Gasteiger partial charge >= 0.3 is 22.7 Å². The summed E-state index contributed by atoms with van der Waals surface area (Å²) in [6.45, 7) is 2.02. The van der Waals surface area contributed by atoms with Gasteiger partial charge in [0.05, 0.1) is 76.6 Å². The first kappa shape index (κ1) is 33.1. The molecule has 0 saturated heterocycles. The predicted octanol–water partition coefficient (Wildman–Crippen LogP) is 4.54. The van der Waals surface area contributed by atoms with Crippen LogP contribution in [-0.2, 0) is 9.59 Å². The highest BCUT2D eigenvalue weighted by atomic mass is 16.6. The summed E-state index contributed by atoms with van der Waals surface area (Å²) in [4.78, 5) is 86.7. The number of carbonyl (C=O) groups excluding carboxylic acids is 2. The minimum atomic E-state index is -1.19. The lowest BCUT2D eigenvalue weighted by Crippen LogP contribution is -2.13. The quantitative estimate of drug-likeness (QED) is 0.155. The molecule has 24 heteroatoms. The molecule has 0 bridgehead atoms.